The number of nitrogens with one attached hydrogen (secondary N) is 1. The van der Waals surface area contributed by atoms with E-state index in [9.17, 15) is 14.5 Å². The van der Waals surface area contributed by atoms with E-state index in [1.165, 1.54) is 0 Å². The predicted molar refractivity (Wildman–Crippen MR) is 60.7 cm³/mol. The van der Waals surface area contributed by atoms with Crippen LogP contribution in [0, 0.1) is 15.9 Å². The van der Waals surface area contributed by atoms with Crippen LogP contribution in [0.4, 0.5) is 15.8 Å². The van der Waals surface area contributed by atoms with Gasteiger partial charge < -0.3 is 10.4 Å². The van der Waals surface area contributed by atoms with E-state index in [4.69, 9.17) is 16.7 Å². The minimum absolute atomic E-state index is 0.0449. The molecular weight excluding hydrogens is 251 g/mol. The topological polar surface area (TPSA) is 75.4 Å². The average molecular weight is 261 g/mol. The summed E-state index contributed by atoms with van der Waals surface area (Å²) >= 11 is 5.49. The van der Waals surface area contributed by atoms with Crippen molar-refractivity contribution in [1.82, 2.24) is 0 Å². The number of rotatable bonds is 4. The lowest BCUT2D eigenvalue weighted by Gasteiger charge is -2.16. The van der Waals surface area contributed by atoms with Crippen LogP contribution in [0.1, 0.15) is 12.8 Å². The molecule has 1 aromatic rings. The molecule has 0 saturated heterocycles. The van der Waals surface area contributed by atoms with Crippen molar-refractivity contribution in [2.24, 2.45) is 0 Å². The number of aliphatic hydroxyl groups is 1. The van der Waals surface area contributed by atoms with Gasteiger partial charge in [0.25, 0.3) is 5.69 Å². The lowest BCUT2D eigenvalue weighted by molar-refractivity contribution is -0.384. The molecule has 17 heavy (non-hydrogen) atoms. The number of anilines is 1. The first-order valence-corrected chi connectivity index (χ1v) is 5.38. The molecule has 1 saturated carbocycles. The number of hydrogen-bond donors (Lipinski definition) is 2. The van der Waals surface area contributed by atoms with Gasteiger partial charge in [-0.2, -0.15) is 0 Å². The number of nitro benzene ring substituents is 1. The third-order valence-electron chi connectivity index (χ3n) is 2.79. The molecule has 7 heteroatoms. The van der Waals surface area contributed by atoms with E-state index in [1.807, 2.05) is 0 Å². The molecule has 0 amide bonds. The van der Waals surface area contributed by atoms with Crippen molar-refractivity contribution in [3.63, 3.8) is 0 Å². The van der Waals surface area contributed by atoms with Crippen LogP contribution in [0.15, 0.2) is 12.1 Å². The predicted octanol–water partition coefficient (Wildman–Crippen LogP) is 2.32. The summed E-state index contributed by atoms with van der Waals surface area (Å²) in [5, 5.41) is 22.4. The Morgan fingerprint density at radius 1 is 1.59 bits per heavy atom. The summed E-state index contributed by atoms with van der Waals surface area (Å²) in [5.74, 6) is -0.728. The van der Waals surface area contributed by atoms with Gasteiger partial charge in [0.2, 0.25) is 0 Å². The van der Waals surface area contributed by atoms with Crippen LogP contribution in [-0.4, -0.2) is 22.2 Å². The van der Waals surface area contributed by atoms with Gasteiger partial charge in [0.1, 0.15) is 11.5 Å². The maximum Gasteiger partial charge on any atom is 0.294 e. The Morgan fingerprint density at radius 3 is 2.71 bits per heavy atom. The molecule has 0 bridgehead atoms. The molecule has 1 fully saturated rings. The first-order valence-electron chi connectivity index (χ1n) is 5.00. The van der Waals surface area contributed by atoms with E-state index < -0.39 is 16.3 Å². The zero-order valence-corrected chi connectivity index (χ0v) is 9.50. The minimum Gasteiger partial charge on any atom is -0.394 e. The molecule has 0 radical (unpaired) electrons. The molecule has 92 valence electrons. The third-order valence-corrected chi connectivity index (χ3v) is 3.08. The Balaban J connectivity index is 2.37. The van der Waals surface area contributed by atoms with Crippen molar-refractivity contribution in [2.75, 3.05) is 11.9 Å². The lowest BCUT2D eigenvalue weighted by atomic mass is 10.2. The highest BCUT2D eigenvalue weighted by Gasteiger charge is 2.43. The Bertz CT molecular complexity index is 477. The van der Waals surface area contributed by atoms with Crippen LogP contribution in [0.3, 0.4) is 0 Å². The Morgan fingerprint density at radius 2 is 2.24 bits per heavy atom. The van der Waals surface area contributed by atoms with Crippen LogP contribution in [0.5, 0.6) is 0 Å². The number of halogens is 2. The summed E-state index contributed by atoms with van der Waals surface area (Å²) in [6.45, 7) is -0.144. The fraction of sp³-hybridized carbons (Fsp3) is 0.400. The largest absolute Gasteiger partial charge is 0.394 e. The van der Waals surface area contributed by atoms with Gasteiger partial charge in [-0.3, -0.25) is 10.1 Å². The highest BCUT2D eigenvalue weighted by Crippen LogP contribution is 2.41. The highest BCUT2D eigenvalue weighted by molar-refractivity contribution is 6.31. The minimum atomic E-state index is -0.728. The summed E-state index contributed by atoms with van der Waals surface area (Å²) in [4.78, 5) is 10.2. The van der Waals surface area contributed by atoms with Gasteiger partial charge in [0.05, 0.1) is 22.1 Å². The van der Waals surface area contributed by atoms with Gasteiger partial charge in [0, 0.05) is 12.1 Å². The standard InChI is InChI=1S/C10H10ClFN2O3/c11-6-3-9(14(16)17)8(4-7(6)12)13-10(5-15)1-2-10/h3-4,13,15H,1-2,5H2. The molecule has 2 N–H and O–H groups in total. The highest BCUT2D eigenvalue weighted by atomic mass is 35.5. The smallest absolute Gasteiger partial charge is 0.294 e. The van der Waals surface area contributed by atoms with Crippen LogP contribution in [-0.2, 0) is 0 Å². The van der Waals surface area contributed by atoms with Crippen molar-refractivity contribution >= 4 is 23.0 Å². The molecule has 0 atom stereocenters. The molecule has 5 nitrogen and oxygen atoms in total. The number of hydrogen-bond acceptors (Lipinski definition) is 4. The fourth-order valence-electron chi connectivity index (χ4n) is 1.55. The average Bonchev–Trinajstić information content (AvgIpc) is 3.03. The van der Waals surface area contributed by atoms with Gasteiger partial charge in [0.15, 0.2) is 0 Å². The number of aliphatic hydroxyl groups excluding tert-OH is 1. The molecular formula is C10H10ClFN2O3. The second-order valence-electron chi connectivity index (χ2n) is 4.10. The van der Waals surface area contributed by atoms with Crippen molar-refractivity contribution in [1.29, 1.82) is 0 Å². The summed E-state index contributed by atoms with van der Waals surface area (Å²) in [6.07, 6.45) is 1.40. The zero-order valence-electron chi connectivity index (χ0n) is 8.74. The van der Waals surface area contributed by atoms with Crippen molar-refractivity contribution < 1.29 is 14.4 Å². The van der Waals surface area contributed by atoms with Crippen molar-refractivity contribution in [2.45, 2.75) is 18.4 Å². The van der Waals surface area contributed by atoms with Crippen LogP contribution >= 0.6 is 11.6 Å². The van der Waals surface area contributed by atoms with Gasteiger partial charge >= 0.3 is 0 Å². The molecule has 1 aliphatic rings. The maximum absolute atomic E-state index is 13.3. The monoisotopic (exact) mass is 260 g/mol. The van der Waals surface area contributed by atoms with E-state index in [0.717, 1.165) is 12.1 Å². The summed E-state index contributed by atoms with van der Waals surface area (Å²) in [6, 6.07) is 1.95. The fourth-order valence-corrected chi connectivity index (χ4v) is 1.70. The number of nitrogens with zero attached hydrogens (tertiary/aromatic N) is 1. The number of benzene rings is 1. The first-order chi connectivity index (χ1) is 7.97. The first kappa shape index (κ1) is 12.1. The van der Waals surface area contributed by atoms with E-state index >= 15 is 0 Å². The zero-order chi connectivity index (χ0) is 12.6. The van der Waals surface area contributed by atoms with Crippen LogP contribution < -0.4 is 5.32 Å². The Labute approximate surface area is 101 Å². The second kappa shape index (κ2) is 4.12. The molecule has 0 spiro atoms. The normalized spacial score (nSPS) is 16.6. The molecule has 2 rings (SSSR count). The number of nitro groups is 1. The van der Waals surface area contributed by atoms with Crippen molar-refractivity contribution in [3.05, 3.63) is 33.1 Å². The Hall–Kier alpha value is -1.40. The summed E-state index contributed by atoms with van der Waals surface area (Å²) in [5.41, 5.74) is -0.801. The van der Waals surface area contributed by atoms with E-state index in [0.29, 0.717) is 12.8 Å². The third kappa shape index (κ3) is 2.32. The molecule has 0 heterocycles. The van der Waals surface area contributed by atoms with Gasteiger partial charge in [-0.1, -0.05) is 11.6 Å². The quantitative estimate of drug-likeness (QED) is 0.643. The lowest BCUT2D eigenvalue weighted by Crippen LogP contribution is -2.26. The molecule has 0 aromatic heterocycles. The second-order valence-corrected chi connectivity index (χ2v) is 4.51. The van der Waals surface area contributed by atoms with Crippen LogP contribution in [0.2, 0.25) is 5.02 Å². The molecule has 1 aliphatic carbocycles. The molecule has 1 aromatic carbocycles. The van der Waals surface area contributed by atoms with E-state index in [2.05, 4.69) is 5.32 Å². The molecule has 0 aliphatic heterocycles. The van der Waals surface area contributed by atoms with E-state index in [-0.39, 0.29) is 23.0 Å². The van der Waals surface area contributed by atoms with E-state index in [1.54, 1.807) is 0 Å². The van der Waals surface area contributed by atoms with Gasteiger partial charge in [-0.05, 0) is 12.8 Å². The maximum atomic E-state index is 13.3. The van der Waals surface area contributed by atoms with Crippen molar-refractivity contribution in [3.8, 4) is 0 Å². The summed E-state index contributed by atoms with van der Waals surface area (Å²) in [7, 11) is 0. The van der Waals surface area contributed by atoms with Crippen LogP contribution in [0.25, 0.3) is 0 Å². The SMILES string of the molecule is O=[N+]([O-])c1cc(Cl)c(F)cc1NC1(CO)CC1. The Kier molecular flexibility index (Phi) is 2.92. The van der Waals surface area contributed by atoms with Gasteiger partial charge in [-0.25, -0.2) is 4.39 Å². The molecule has 0 unspecified atom stereocenters. The summed E-state index contributed by atoms with van der Waals surface area (Å²) < 4.78 is 13.3. The van der Waals surface area contributed by atoms with Gasteiger partial charge in [-0.15, -0.1) is 0 Å².